The average Bonchev–Trinajstić information content (AvgIpc) is 2.53. The third-order valence-corrected chi connectivity index (χ3v) is 12.8. The molecular weight excluding hydrogens is 454 g/mol. The zero-order valence-electron chi connectivity index (χ0n) is 15.5. The highest BCUT2D eigenvalue weighted by Crippen LogP contribution is 2.61. The van der Waals surface area contributed by atoms with Gasteiger partial charge in [0, 0.05) is 11.5 Å². The van der Waals surface area contributed by atoms with Crippen molar-refractivity contribution in [3.63, 3.8) is 0 Å². The number of rotatable bonds is 14. The predicted molar refractivity (Wildman–Crippen MR) is 131 cm³/mol. The van der Waals surface area contributed by atoms with E-state index >= 15 is 0 Å². The molecule has 0 atom stereocenters. The van der Waals surface area contributed by atoms with Crippen LogP contribution in [0.1, 0.15) is 27.7 Å². The molecule has 25 heavy (non-hydrogen) atoms. The van der Waals surface area contributed by atoms with E-state index in [1.54, 1.807) is 0 Å². The van der Waals surface area contributed by atoms with Crippen molar-refractivity contribution in [2.75, 3.05) is 37.9 Å². The maximum atomic E-state index is 5.39. The zero-order valence-corrected chi connectivity index (χ0v) is 21.5. The van der Waals surface area contributed by atoms with Crippen LogP contribution in [0.15, 0.2) is 25.3 Å². The van der Waals surface area contributed by atoms with Crippen molar-refractivity contribution in [1.29, 1.82) is 0 Å². The SMILES string of the molecule is C=CCSP(=S)(OCC)OCC.C=CCSP(=S)(OCC)OCC.S. The lowest BCUT2D eigenvalue weighted by atomic mass is 10.8. The lowest BCUT2D eigenvalue weighted by Gasteiger charge is -2.18. The second kappa shape index (κ2) is 20.4. The summed E-state index contributed by atoms with van der Waals surface area (Å²) < 4.78 is 21.6. The molecule has 0 aliphatic carbocycles. The summed E-state index contributed by atoms with van der Waals surface area (Å²) in [6.07, 6.45) is 3.62. The van der Waals surface area contributed by atoms with Gasteiger partial charge in [0.1, 0.15) is 0 Å². The van der Waals surface area contributed by atoms with Gasteiger partial charge in [-0.2, -0.15) is 13.5 Å². The van der Waals surface area contributed by atoms with Crippen molar-refractivity contribution in [3.05, 3.63) is 25.3 Å². The fourth-order valence-corrected chi connectivity index (χ4v) is 9.68. The molecule has 0 bridgehead atoms. The molecule has 4 nitrogen and oxygen atoms in total. The standard InChI is InChI=1S/2C7H15O2PS2.H2S/c2*1-4-7-12-10(11,8-5-2)9-6-3;/h2*4H,1,5-7H2,2-3H3;1H2. The topological polar surface area (TPSA) is 36.9 Å². The van der Waals surface area contributed by atoms with E-state index in [1.165, 1.54) is 22.8 Å². The first kappa shape index (κ1) is 31.4. The van der Waals surface area contributed by atoms with E-state index in [9.17, 15) is 0 Å². The quantitative estimate of drug-likeness (QED) is 0.203. The Labute approximate surface area is 179 Å². The van der Waals surface area contributed by atoms with Crippen LogP contribution in [0.4, 0.5) is 0 Å². The Bertz CT molecular complexity index is 366. The average molecular weight is 487 g/mol. The second-order valence-electron chi connectivity index (χ2n) is 3.73. The van der Waals surface area contributed by atoms with Gasteiger partial charge in [-0.1, -0.05) is 34.9 Å². The molecule has 0 fully saturated rings. The van der Waals surface area contributed by atoms with Gasteiger partial charge in [-0.3, -0.25) is 0 Å². The lowest BCUT2D eigenvalue weighted by molar-refractivity contribution is 0.280. The maximum absolute atomic E-state index is 5.39. The molecule has 0 N–H and O–H groups in total. The second-order valence-corrected chi connectivity index (χ2v) is 16.4. The third-order valence-electron chi connectivity index (χ3n) is 1.85. The molecule has 0 radical (unpaired) electrons. The molecule has 0 saturated carbocycles. The Balaban J connectivity index is -0.000000372. The van der Waals surface area contributed by atoms with E-state index in [4.69, 9.17) is 41.7 Å². The molecule has 0 aromatic rings. The molecule has 152 valence electrons. The first-order valence-corrected chi connectivity index (χ1v) is 16.1. The third kappa shape index (κ3) is 18.8. The summed E-state index contributed by atoms with van der Waals surface area (Å²) >= 11 is 13.6. The summed E-state index contributed by atoms with van der Waals surface area (Å²) in [6, 6.07) is 0. The van der Waals surface area contributed by atoms with E-state index in [1.807, 2.05) is 39.8 Å². The van der Waals surface area contributed by atoms with Gasteiger partial charge in [0.2, 0.25) is 11.4 Å². The van der Waals surface area contributed by atoms with Crippen molar-refractivity contribution >= 4 is 71.3 Å². The van der Waals surface area contributed by atoms with Crippen LogP contribution in [-0.4, -0.2) is 37.9 Å². The van der Waals surface area contributed by atoms with Crippen LogP contribution in [0.2, 0.25) is 0 Å². The van der Waals surface area contributed by atoms with Crippen LogP contribution >= 0.6 is 47.6 Å². The molecule has 0 heterocycles. The van der Waals surface area contributed by atoms with Crippen LogP contribution in [0.5, 0.6) is 0 Å². The molecule has 0 saturated heterocycles. The minimum absolute atomic E-state index is 0. The van der Waals surface area contributed by atoms with E-state index in [2.05, 4.69) is 13.2 Å². The number of hydrogen-bond donors (Lipinski definition) is 0. The van der Waals surface area contributed by atoms with Gasteiger partial charge in [0.15, 0.2) is 0 Å². The highest BCUT2D eigenvalue weighted by Gasteiger charge is 2.17. The van der Waals surface area contributed by atoms with E-state index < -0.39 is 11.4 Å². The molecule has 0 unspecified atom stereocenters. The molecular formula is C14H32O4P2S5. The minimum atomic E-state index is -2.06. The van der Waals surface area contributed by atoms with E-state index in [0.717, 1.165) is 11.5 Å². The van der Waals surface area contributed by atoms with E-state index in [0.29, 0.717) is 26.4 Å². The van der Waals surface area contributed by atoms with Gasteiger partial charge in [-0.05, 0) is 51.3 Å². The maximum Gasteiger partial charge on any atom is 0.247 e. The van der Waals surface area contributed by atoms with Crippen molar-refractivity contribution < 1.29 is 18.1 Å². The lowest BCUT2D eigenvalue weighted by Crippen LogP contribution is -1.92. The first-order valence-electron chi connectivity index (χ1n) is 7.65. The first-order chi connectivity index (χ1) is 11.4. The monoisotopic (exact) mass is 486 g/mol. The Morgan fingerprint density at radius 1 is 0.720 bits per heavy atom. The van der Waals surface area contributed by atoms with Gasteiger partial charge < -0.3 is 18.1 Å². The Morgan fingerprint density at radius 3 is 1.12 bits per heavy atom. The largest absolute Gasteiger partial charge is 0.322 e. The fourth-order valence-electron chi connectivity index (χ4n) is 1.14. The van der Waals surface area contributed by atoms with Crippen molar-refractivity contribution in [2.24, 2.45) is 0 Å². The van der Waals surface area contributed by atoms with Crippen LogP contribution in [0.25, 0.3) is 0 Å². The molecule has 0 aromatic heterocycles. The highest BCUT2D eigenvalue weighted by molar-refractivity contribution is 8.68. The van der Waals surface area contributed by atoms with Gasteiger partial charge in [-0.15, -0.1) is 13.2 Å². The zero-order chi connectivity index (χ0) is 18.9. The normalized spacial score (nSPS) is 11.0. The summed E-state index contributed by atoms with van der Waals surface area (Å²) in [5.41, 5.74) is -4.11. The molecule has 0 spiro atoms. The van der Waals surface area contributed by atoms with Gasteiger partial charge in [-0.25, -0.2) is 0 Å². The highest BCUT2D eigenvalue weighted by atomic mass is 32.9. The summed E-state index contributed by atoms with van der Waals surface area (Å²) in [4.78, 5) is 0. The van der Waals surface area contributed by atoms with Crippen LogP contribution < -0.4 is 0 Å². The number of hydrogen-bond acceptors (Lipinski definition) is 8. The summed E-state index contributed by atoms with van der Waals surface area (Å²) in [7, 11) is 0. The van der Waals surface area contributed by atoms with Gasteiger partial charge in [0.25, 0.3) is 0 Å². The molecule has 0 aromatic carbocycles. The van der Waals surface area contributed by atoms with Crippen molar-refractivity contribution in [2.45, 2.75) is 27.7 Å². The smallest absolute Gasteiger partial charge is 0.247 e. The van der Waals surface area contributed by atoms with Crippen LogP contribution in [-0.2, 0) is 41.7 Å². The molecule has 11 heteroatoms. The predicted octanol–water partition coefficient (Wildman–Crippen LogP) is 6.52. The summed E-state index contributed by atoms with van der Waals surface area (Å²) in [6.45, 7) is 17.4. The van der Waals surface area contributed by atoms with Gasteiger partial charge >= 0.3 is 0 Å². The van der Waals surface area contributed by atoms with Gasteiger partial charge in [0.05, 0.1) is 26.4 Å². The fraction of sp³-hybridized carbons (Fsp3) is 0.714. The van der Waals surface area contributed by atoms with Crippen molar-refractivity contribution in [3.8, 4) is 0 Å². The molecule has 0 aliphatic rings. The Hall–Kier alpha value is 1.67. The molecule has 0 amide bonds. The minimum Gasteiger partial charge on any atom is -0.322 e. The Kier molecular flexibility index (Phi) is 25.6. The molecule has 0 rings (SSSR count). The van der Waals surface area contributed by atoms with Crippen molar-refractivity contribution in [1.82, 2.24) is 0 Å². The van der Waals surface area contributed by atoms with Crippen LogP contribution in [0, 0.1) is 0 Å². The summed E-state index contributed by atoms with van der Waals surface area (Å²) in [5.74, 6) is 1.58. The van der Waals surface area contributed by atoms with E-state index in [-0.39, 0.29) is 13.5 Å². The summed E-state index contributed by atoms with van der Waals surface area (Å²) in [5, 5.41) is 0. The molecule has 0 aliphatic heterocycles. The Morgan fingerprint density at radius 2 is 0.960 bits per heavy atom. The van der Waals surface area contributed by atoms with Crippen LogP contribution in [0.3, 0.4) is 0 Å².